The van der Waals surface area contributed by atoms with Crippen LogP contribution < -0.4 is 5.32 Å². The highest BCUT2D eigenvalue weighted by molar-refractivity contribution is 5.91. The first-order valence-electron chi connectivity index (χ1n) is 6.65. The number of benzene rings is 1. The molecule has 0 aliphatic rings. The Balaban J connectivity index is 1.92. The van der Waals surface area contributed by atoms with Crippen LogP contribution in [0.4, 0.5) is 0 Å². The van der Waals surface area contributed by atoms with Crippen LogP contribution in [0.25, 0.3) is 0 Å². The summed E-state index contributed by atoms with van der Waals surface area (Å²) in [4.78, 5) is 12.0. The number of nitrogens with one attached hydrogen (secondary N) is 1. The molecule has 1 aromatic carbocycles. The lowest BCUT2D eigenvalue weighted by Gasteiger charge is -2.06. The van der Waals surface area contributed by atoms with Crippen LogP contribution in [-0.4, -0.2) is 20.1 Å². The Morgan fingerprint density at radius 2 is 1.86 bits per heavy atom. The molecular weight excluding hydrogens is 270 g/mol. The van der Waals surface area contributed by atoms with Gasteiger partial charge in [0.05, 0.1) is 6.61 Å². The van der Waals surface area contributed by atoms with Crippen molar-refractivity contribution in [1.82, 2.24) is 5.32 Å². The van der Waals surface area contributed by atoms with Crippen molar-refractivity contribution in [2.24, 2.45) is 0 Å². The van der Waals surface area contributed by atoms with Crippen LogP contribution in [0.2, 0.25) is 0 Å². The van der Waals surface area contributed by atoms with Crippen molar-refractivity contribution in [2.75, 3.05) is 14.2 Å². The van der Waals surface area contributed by atoms with E-state index in [0.717, 1.165) is 11.1 Å². The van der Waals surface area contributed by atoms with Gasteiger partial charge in [-0.25, -0.2) is 0 Å². The maximum Gasteiger partial charge on any atom is 0.287 e. The van der Waals surface area contributed by atoms with Crippen molar-refractivity contribution < 1.29 is 18.7 Å². The molecule has 0 spiro atoms. The summed E-state index contributed by atoms with van der Waals surface area (Å²) in [6.45, 7) is 1.35. The van der Waals surface area contributed by atoms with Gasteiger partial charge in [0.1, 0.15) is 12.4 Å². The fraction of sp³-hybridized carbons (Fsp3) is 0.312. The van der Waals surface area contributed by atoms with Crippen LogP contribution in [0.3, 0.4) is 0 Å². The molecule has 2 rings (SSSR count). The Labute approximate surface area is 123 Å². The van der Waals surface area contributed by atoms with Crippen molar-refractivity contribution in [3.8, 4) is 0 Å². The lowest BCUT2D eigenvalue weighted by atomic mass is 10.1. The number of carbonyl (C=O) groups excluding carboxylic acids is 1. The van der Waals surface area contributed by atoms with Gasteiger partial charge in [0.2, 0.25) is 0 Å². The average Bonchev–Trinajstić information content (AvgIpc) is 2.95. The van der Waals surface area contributed by atoms with Gasteiger partial charge in [0, 0.05) is 20.8 Å². The van der Waals surface area contributed by atoms with Gasteiger partial charge < -0.3 is 19.2 Å². The predicted molar refractivity (Wildman–Crippen MR) is 77.7 cm³/mol. The van der Waals surface area contributed by atoms with Gasteiger partial charge in [-0.2, -0.15) is 0 Å². The van der Waals surface area contributed by atoms with Gasteiger partial charge in [0.15, 0.2) is 5.76 Å². The van der Waals surface area contributed by atoms with E-state index in [9.17, 15) is 4.79 Å². The molecule has 0 fully saturated rings. The summed E-state index contributed by atoms with van der Waals surface area (Å²) in [5, 5.41) is 2.83. The van der Waals surface area contributed by atoms with E-state index in [0.29, 0.717) is 25.5 Å². The highest BCUT2D eigenvalue weighted by atomic mass is 16.5. The molecule has 112 valence electrons. The Hall–Kier alpha value is -2.11. The normalized spacial score (nSPS) is 10.6. The number of amides is 1. The minimum Gasteiger partial charge on any atom is -0.453 e. The fourth-order valence-electron chi connectivity index (χ4n) is 1.99. The highest BCUT2D eigenvalue weighted by Crippen LogP contribution is 2.10. The Morgan fingerprint density at radius 3 is 2.62 bits per heavy atom. The molecule has 0 atom stereocenters. The monoisotopic (exact) mass is 289 g/mol. The standard InChI is InChI=1S/C16H19NO4/c1-19-10-13-5-3-4-12(8-13)9-17-16(18)15-7-6-14(21-15)11-20-2/h3-8H,9-11H2,1-2H3,(H,17,18). The summed E-state index contributed by atoms with van der Waals surface area (Å²) >= 11 is 0. The molecule has 1 N–H and O–H groups in total. The Morgan fingerprint density at radius 1 is 1.10 bits per heavy atom. The molecule has 2 aromatic rings. The molecule has 1 amide bonds. The summed E-state index contributed by atoms with van der Waals surface area (Å²) < 4.78 is 15.4. The molecule has 0 saturated heterocycles. The van der Waals surface area contributed by atoms with E-state index in [1.54, 1.807) is 26.4 Å². The molecule has 0 unspecified atom stereocenters. The second kappa shape index (κ2) is 7.61. The van der Waals surface area contributed by atoms with Crippen LogP contribution in [0.1, 0.15) is 27.4 Å². The minimum atomic E-state index is -0.241. The van der Waals surface area contributed by atoms with Crippen molar-refractivity contribution >= 4 is 5.91 Å². The maximum absolute atomic E-state index is 12.0. The van der Waals surface area contributed by atoms with Crippen LogP contribution in [0.5, 0.6) is 0 Å². The molecule has 1 heterocycles. The van der Waals surface area contributed by atoms with Crippen LogP contribution >= 0.6 is 0 Å². The number of carbonyl (C=O) groups is 1. The molecule has 0 aliphatic heterocycles. The molecule has 0 aliphatic carbocycles. The quantitative estimate of drug-likeness (QED) is 0.850. The third-order valence-electron chi connectivity index (χ3n) is 2.93. The molecule has 0 radical (unpaired) electrons. The predicted octanol–water partition coefficient (Wildman–Crippen LogP) is 2.50. The summed E-state index contributed by atoms with van der Waals surface area (Å²) in [7, 11) is 3.23. The van der Waals surface area contributed by atoms with Gasteiger partial charge in [-0.3, -0.25) is 4.79 Å². The molecule has 1 aromatic heterocycles. The van der Waals surface area contributed by atoms with Crippen LogP contribution in [0.15, 0.2) is 40.8 Å². The number of hydrogen-bond donors (Lipinski definition) is 1. The SMILES string of the molecule is COCc1cccc(CNC(=O)c2ccc(COC)o2)c1. The van der Waals surface area contributed by atoms with E-state index in [-0.39, 0.29) is 11.7 Å². The summed E-state index contributed by atoms with van der Waals surface area (Å²) in [6, 6.07) is 11.3. The lowest BCUT2D eigenvalue weighted by Crippen LogP contribution is -2.22. The first kappa shape index (κ1) is 15.3. The van der Waals surface area contributed by atoms with E-state index >= 15 is 0 Å². The Kier molecular flexibility index (Phi) is 5.54. The lowest BCUT2D eigenvalue weighted by molar-refractivity contribution is 0.0914. The molecular formula is C16H19NO4. The van der Waals surface area contributed by atoms with Gasteiger partial charge in [-0.15, -0.1) is 0 Å². The van der Waals surface area contributed by atoms with E-state index in [4.69, 9.17) is 13.9 Å². The topological polar surface area (TPSA) is 60.7 Å². The van der Waals surface area contributed by atoms with Gasteiger partial charge in [-0.05, 0) is 23.3 Å². The molecule has 5 nitrogen and oxygen atoms in total. The number of hydrogen-bond acceptors (Lipinski definition) is 4. The fourth-order valence-corrected chi connectivity index (χ4v) is 1.99. The number of ether oxygens (including phenoxy) is 2. The first-order chi connectivity index (χ1) is 10.2. The molecule has 0 bridgehead atoms. The molecule has 21 heavy (non-hydrogen) atoms. The zero-order chi connectivity index (χ0) is 15.1. The van der Waals surface area contributed by atoms with Crippen LogP contribution in [0, 0.1) is 0 Å². The van der Waals surface area contributed by atoms with Crippen molar-refractivity contribution in [2.45, 2.75) is 19.8 Å². The third-order valence-corrected chi connectivity index (χ3v) is 2.93. The van der Waals surface area contributed by atoms with E-state index in [1.807, 2.05) is 24.3 Å². The highest BCUT2D eigenvalue weighted by Gasteiger charge is 2.10. The van der Waals surface area contributed by atoms with Crippen molar-refractivity contribution in [3.63, 3.8) is 0 Å². The number of methoxy groups -OCH3 is 2. The second-order valence-electron chi connectivity index (χ2n) is 4.63. The molecule has 5 heteroatoms. The van der Waals surface area contributed by atoms with Crippen molar-refractivity contribution in [1.29, 1.82) is 0 Å². The summed E-state index contributed by atoms with van der Waals surface area (Å²) in [6.07, 6.45) is 0. The second-order valence-corrected chi connectivity index (χ2v) is 4.63. The van der Waals surface area contributed by atoms with Gasteiger partial charge in [-0.1, -0.05) is 24.3 Å². The Bertz CT molecular complexity index is 591. The summed E-state index contributed by atoms with van der Waals surface area (Å²) in [5.41, 5.74) is 2.09. The van der Waals surface area contributed by atoms with Gasteiger partial charge in [0.25, 0.3) is 5.91 Å². The smallest absolute Gasteiger partial charge is 0.287 e. The first-order valence-corrected chi connectivity index (χ1v) is 6.65. The zero-order valence-electron chi connectivity index (χ0n) is 12.2. The third kappa shape index (κ3) is 4.44. The average molecular weight is 289 g/mol. The maximum atomic E-state index is 12.0. The minimum absolute atomic E-state index is 0.241. The van der Waals surface area contributed by atoms with Crippen LogP contribution in [-0.2, 0) is 29.2 Å². The van der Waals surface area contributed by atoms with E-state index in [2.05, 4.69) is 5.32 Å². The number of furan rings is 1. The number of rotatable bonds is 7. The summed E-state index contributed by atoms with van der Waals surface area (Å²) in [5.74, 6) is 0.675. The van der Waals surface area contributed by atoms with Crippen molar-refractivity contribution in [3.05, 3.63) is 59.0 Å². The zero-order valence-corrected chi connectivity index (χ0v) is 12.2. The molecule has 0 saturated carbocycles. The van der Waals surface area contributed by atoms with E-state index in [1.165, 1.54) is 0 Å². The largest absolute Gasteiger partial charge is 0.453 e. The van der Waals surface area contributed by atoms with E-state index < -0.39 is 0 Å². The van der Waals surface area contributed by atoms with Gasteiger partial charge >= 0.3 is 0 Å².